The maximum Gasteiger partial charge on any atom is 0.310 e. The van der Waals surface area contributed by atoms with Crippen LogP contribution in [0.1, 0.15) is 290 Å². The van der Waals surface area contributed by atoms with Gasteiger partial charge in [-0.3, -0.25) is 14.4 Å². The lowest BCUT2D eigenvalue weighted by Gasteiger charge is -2.18. The van der Waals surface area contributed by atoms with Crippen molar-refractivity contribution in [2.24, 2.45) is 0 Å². The smallest absolute Gasteiger partial charge is 0.310 e. The summed E-state index contributed by atoms with van der Waals surface area (Å²) in [4.78, 5) is 38.1. The van der Waals surface area contributed by atoms with Crippen molar-refractivity contribution in [1.82, 2.24) is 0 Å². The average Bonchev–Trinajstić information content (AvgIpc) is 3.35. The fourth-order valence-corrected chi connectivity index (χ4v) is 8.34. The van der Waals surface area contributed by atoms with E-state index in [0.717, 1.165) is 83.5 Å². The molecule has 0 heterocycles. The molecule has 0 bridgehead atoms. The van der Waals surface area contributed by atoms with Crippen LogP contribution in [-0.4, -0.2) is 37.2 Å². The van der Waals surface area contributed by atoms with Gasteiger partial charge in [0.25, 0.3) is 0 Å². The molecule has 69 heavy (non-hydrogen) atoms. The summed E-state index contributed by atoms with van der Waals surface area (Å²) in [6.07, 6.45) is 73.6. The van der Waals surface area contributed by atoms with E-state index in [0.29, 0.717) is 12.8 Å². The molecule has 0 spiro atoms. The molecule has 0 aliphatic heterocycles. The largest absolute Gasteiger partial charge is 0.462 e. The van der Waals surface area contributed by atoms with Gasteiger partial charge in [-0.25, -0.2) is 0 Å². The molecule has 1 unspecified atom stereocenters. The minimum absolute atomic E-state index is 0.0974. The van der Waals surface area contributed by atoms with E-state index in [1.54, 1.807) is 6.08 Å². The van der Waals surface area contributed by atoms with Gasteiger partial charge in [0, 0.05) is 12.8 Å². The van der Waals surface area contributed by atoms with E-state index in [1.165, 1.54) is 167 Å². The van der Waals surface area contributed by atoms with Gasteiger partial charge in [-0.05, 0) is 70.6 Å². The van der Waals surface area contributed by atoms with E-state index in [1.807, 2.05) is 6.08 Å². The third-order valence-electron chi connectivity index (χ3n) is 12.7. The Morgan fingerprint density at radius 3 is 0.957 bits per heavy atom. The van der Waals surface area contributed by atoms with Gasteiger partial charge in [-0.15, -0.1) is 0 Å². The quantitative estimate of drug-likeness (QED) is 0.0262. The number of hydrogen-bond acceptors (Lipinski definition) is 6. The Morgan fingerprint density at radius 1 is 0.319 bits per heavy atom. The number of hydrogen-bond donors (Lipinski definition) is 0. The second-order valence-electron chi connectivity index (χ2n) is 19.5. The molecule has 0 aromatic carbocycles. The van der Waals surface area contributed by atoms with Crippen LogP contribution in [0, 0.1) is 0 Å². The van der Waals surface area contributed by atoms with Gasteiger partial charge in [0.2, 0.25) is 0 Å². The summed E-state index contributed by atoms with van der Waals surface area (Å²) in [5.74, 6) is -1.04. The second-order valence-corrected chi connectivity index (χ2v) is 19.5. The third-order valence-corrected chi connectivity index (χ3v) is 12.7. The van der Waals surface area contributed by atoms with Crippen LogP contribution in [0.5, 0.6) is 0 Å². The number of unbranched alkanes of at least 4 members (excludes halogenated alkanes) is 31. The van der Waals surface area contributed by atoms with Crippen molar-refractivity contribution in [3.05, 3.63) is 72.9 Å². The first-order valence-electron chi connectivity index (χ1n) is 29.4. The van der Waals surface area contributed by atoms with Crippen LogP contribution in [0.4, 0.5) is 0 Å². The van der Waals surface area contributed by atoms with Crippen molar-refractivity contribution in [2.75, 3.05) is 13.2 Å². The number of carbonyl (C=O) groups excluding carboxylic acids is 3. The molecule has 6 nitrogen and oxygen atoms in total. The molecule has 0 aromatic heterocycles. The number of ether oxygens (including phenoxy) is 3. The van der Waals surface area contributed by atoms with Crippen molar-refractivity contribution in [1.29, 1.82) is 0 Å². The molecule has 0 radical (unpaired) electrons. The van der Waals surface area contributed by atoms with Gasteiger partial charge < -0.3 is 14.2 Å². The number of allylic oxidation sites excluding steroid dienone is 11. The van der Waals surface area contributed by atoms with E-state index in [9.17, 15) is 14.4 Å². The summed E-state index contributed by atoms with van der Waals surface area (Å²) in [5, 5.41) is 0. The number of rotatable bonds is 53. The highest BCUT2D eigenvalue weighted by Crippen LogP contribution is 2.17. The SMILES string of the molecule is CC/C=C\C/C=C\C/C=C\C/C=C\C/C=C\CC(=O)OC(COC(=O)CCCCCCC/C=C\CCCCCC)COC(=O)CCCCCCCCCCCCCCCCCCCCCCCCC. The lowest BCUT2D eigenvalue weighted by atomic mass is 10.0. The van der Waals surface area contributed by atoms with Gasteiger partial charge in [0.15, 0.2) is 6.10 Å². The Morgan fingerprint density at radius 2 is 0.609 bits per heavy atom. The molecule has 0 aromatic rings. The topological polar surface area (TPSA) is 78.9 Å². The monoisotopic (exact) mass is 963 g/mol. The Hall–Kier alpha value is -3.15. The van der Waals surface area contributed by atoms with Crippen LogP contribution in [0.3, 0.4) is 0 Å². The van der Waals surface area contributed by atoms with Gasteiger partial charge >= 0.3 is 17.9 Å². The summed E-state index contributed by atoms with van der Waals surface area (Å²) < 4.78 is 16.7. The fourth-order valence-electron chi connectivity index (χ4n) is 8.34. The summed E-state index contributed by atoms with van der Waals surface area (Å²) in [6, 6.07) is 0. The molecule has 1 atom stereocenters. The highest BCUT2D eigenvalue weighted by atomic mass is 16.6. The zero-order valence-electron chi connectivity index (χ0n) is 45.6. The third kappa shape index (κ3) is 55.6. The molecule has 0 aliphatic rings. The van der Waals surface area contributed by atoms with Gasteiger partial charge in [0.05, 0.1) is 6.42 Å². The highest BCUT2D eigenvalue weighted by Gasteiger charge is 2.19. The normalized spacial score (nSPS) is 12.6. The molecule has 0 saturated heterocycles. The Kier molecular flexibility index (Phi) is 54.8. The highest BCUT2D eigenvalue weighted by molar-refractivity contribution is 5.72. The summed E-state index contributed by atoms with van der Waals surface area (Å²) in [5.41, 5.74) is 0. The first-order chi connectivity index (χ1) is 34.0. The molecule has 0 saturated carbocycles. The first-order valence-corrected chi connectivity index (χ1v) is 29.4. The van der Waals surface area contributed by atoms with Crippen LogP contribution in [0.25, 0.3) is 0 Å². The molecule has 0 rings (SSSR count). The molecule has 0 aliphatic carbocycles. The maximum atomic E-state index is 12.8. The number of carbonyl (C=O) groups is 3. The van der Waals surface area contributed by atoms with Crippen LogP contribution in [0.15, 0.2) is 72.9 Å². The van der Waals surface area contributed by atoms with Crippen LogP contribution in [0.2, 0.25) is 0 Å². The Bertz CT molecular complexity index is 1290. The standard InChI is InChI=1S/C63H110O6/c1-4-7-10-13-16-19-22-25-27-28-29-30-31-32-33-34-36-38-41-44-47-50-53-56-62(65)68-59-60(58-67-61(64)55-52-49-46-43-40-37-24-21-18-15-12-9-6-3)69-63(66)57-54-51-48-45-42-39-35-26-23-20-17-14-11-8-5-2/h8,11,17,20-21,24,26,35,42,45,51,54,60H,4-7,9-10,12-16,18-19,22-23,25,27-34,36-41,43-44,46-50,52-53,55-59H2,1-3H3/b11-8-,20-17-,24-21-,35-26-,45-42-,54-51-. The first kappa shape index (κ1) is 65.8. The molecular weight excluding hydrogens is 853 g/mol. The van der Waals surface area contributed by atoms with E-state index >= 15 is 0 Å². The van der Waals surface area contributed by atoms with Crippen molar-refractivity contribution < 1.29 is 28.6 Å². The molecule has 6 heteroatoms. The predicted molar refractivity (Wildman–Crippen MR) is 298 cm³/mol. The van der Waals surface area contributed by atoms with Crippen LogP contribution in [-0.2, 0) is 28.6 Å². The summed E-state index contributed by atoms with van der Waals surface area (Å²) in [6.45, 7) is 6.45. The van der Waals surface area contributed by atoms with Gasteiger partial charge in [-0.1, -0.05) is 273 Å². The molecule has 0 fully saturated rings. The second kappa shape index (κ2) is 57.4. The fraction of sp³-hybridized carbons (Fsp3) is 0.762. The van der Waals surface area contributed by atoms with E-state index in [2.05, 4.69) is 81.5 Å². The lowest BCUT2D eigenvalue weighted by Crippen LogP contribution is -2.30. The minimum Gasteiger partial charge on any atom is -0.462 e. The zero-order chi connectivity index (χ0) is 50.0. The molecular formula is C63H110O6. The van der Waals surface area contributed by atoms with E-state index in [4.69, 9.17) is 14.2 Å². The van der Waals surface area contributed by atoms with Crippen molar-refractivity contribution >= 4 is 17.9 Å². The van der Waals surface area contributed by atoms with Crippen molar-refractivity contribution in [3.8, 4) is 0 Å². The molecule has 0 N–H and O–H groups in total. The van der Waals surface area contributed by atoms with Crippen LogP contribution < -0.4 is 0 Å². The van der Waals surface area contributed by atoms with Gasteiger partial charge in [0.1, 0.15) is 13.2 Å². The zero-order valence-corrected chi connectivity index (χ0v) is 45.6. The Labute approximate surface area is 427 Å². The van der Waals surface area contributed by atoms with Crippen molar-refractivity contribution in [2.45, 2.75) is 297 Å². The van der Waals surface area contributed by atoms with E-state index < -0.39 is 12.1 Å². The van der Waals surface area contributed by atoms with E-state index in [-0.39, 0.29) is 31.6 Å². The van der Waals surface area contributed by atoms with Crippen molar-refractivity contribution in [3.63, 3.8) is 0 Å². The van der Waals surface area contributed by atoms with Crippen LogP contribution >= 0.6 is 0 Å². The number of esters is 3. The summed E-state index contributed by atoms with van der Waals surface area (Å²) in [7, 11) is 0. The average molecular weight is 964 g/mol. The Balaban J connectivity index is 4.36. The molecule has 0 amide bonds. The predicted octanol–water partition coefficient (Wildman–Crippen LogP) is 19.8. The molecule has 398 valence electrons. The lowest BCUT2D eigenvalue weighted by molar-refractivity contribution is -0.166. The maximum absolute atomic E-state index is 12.8. The minimum atomic E-state index is -0.831. The summed E-state index contributed by atoms with van der Waals surface area (Å²) >= 11 is 0. The van der Waals surface area contributed by atoms with Gasteiger partial charge in [-0.2, -0.15) is 0 Å².